The van der Waals surface area contributed by atoms with Gasteiger partial charge in [0.25, 0.3) is 0 Å². The molecule has 1 heterocycles. The molecule has 2 rings (SSSR count). The van der Waals surface area contributed by atoms with Crippen LogP contribution >= 0.6 is 0 Å². The fourth-order valence-electron chi connectivity index (χ4n) is 2.74. The second-order valence-corrected chi connectivity index (χ2v) is 5.36. The number of ether oxygens (including phenoxy) is 1. The Morgan fingerprint density at radius 2 is 2.06 bits per heavy atom. The van der Waals surface area contributed by atoms with Gasteiger partial charge in [-0.2, -0.15) is 0 Å². The molecule has 0 radical (unpaired) electrons. The topological polar surface area (TPSA) is 50.4 Å². The van der Waals surface area contributed by atoms with E-state index in [0.29, 0.717) is 12.5 Å². The smallest absolute Gasteiger partial charge is 0.318 e. The summed E-state index contributed by atoms with van der Waals surface area (Å²) in [5, 5.41) is 5.67. The van der Waals surface area contributed by atoms with E-state index in [1.165, 1.54) is 31.3 Å². The minimum Gasteiger partial charge on any atom is -0.376 e. The molecule has 18 heavy (non-hydrogen) atoms. The molecular weight excluding hydrogens is 228 g/mol. The largest absolute Gasteiger partial charge is 0.376 e. The molecule has 2 amide bonds. The second kappa shape index (κ2) is 6.78. The minimum absolute atomic E-state index is 0.122. The lowest BCUT2D eigenvalue weighted by molar-refractivity contribution is 0.111. The zero-order valence-electron chi connectivity index (χ0n) is 11.2. The molecule has 0 bridgehead atoms. The Kier molecular flexibility index (Phi) is 5.05. The Bertz CT molecular complexity index is 303. The van der Waals surface area contributed by atoms with Crippen LogP contribution in [-0.4, -0.2) is 25.3 Å². The Morgan fingerprint density at radius 1 is 1.28 bits per heavy atom. The molecule has 4 nitrogen and oxygen atoms in total. The van der Waals surface area contributed by atoms with Gasteiger partial charge >= 0.3 is 6.03 Å². The maximum atomic E-state index is 11.6. The number of carbonyl (C=O) groups excluding carboxylic acids is 1. The van der Waals surface area contributed by atoms with Crippen LogP contribution in [0.15, 0.2) is 11.8 Å². The maximum absolute atomic E-state index is 11.6. The molecule has 4 heteroatoms. The second-order valence-electron chi connectivity index (χ2n) is 5.36. The van der Waals surface area contributed by atoms with Gasteiger partial charge in [-0.15, -0.1) is 0 Å². The summed E-state index contributed by atoms with van der Waals surface area (Å²) in [5.74, 6) is 0.670. The third kappa shape index (κ3) is 4.02. The summed E-state index contributed by atoms with van der Waals surface area (Å²) in [6.45, 7) is 3.55. The van der Waals surface area contributed by atoms with Crippen LogP contribution in [0.2, 0.25) is 0 Å². The number of hydrogen-bond acceptors (Lipinski definition) is 2. The lowest BCUT2D eigenvalue weighted by atomic mass is 10.0. The summed E-state index contributed by atoms with van der Waals surface area (Å²) < 4.78 is 5.45. The monoisotopic (exact) mass is 252 g/mol. The van der Waals surface area contributed by atoms with Crippen LogP contribution in [0.3, 0.4) is 0 Å². The number of allylic oxidation sites excluding steroid dienone is 1. The van der Waals surface area contributed by atoms with Gasteiger partial charge in [0.2, 0.25) is 0 Å². The first kappa shape index (κ1) is 13.4. The van der Waals surface area contributed by atoms with Crippen molar-refractivity contribution in [1.82, 2.24) is 10.6 Å². The molecule has 2 fully saturated rings. The molecular formula is C14H24N2O2. The molecule has 102 valence electrons. The highest BCUT2D eigenvalue weighted by Crippen LogP contribution is 2.30. The van der Waals surface area contributed by atoms with E-state index in [2.05, 4.69) is 17.6 Å². The van der Waals surface area contributed by atoms with Gasteiger partial charge in [-0.1, -0.05) is 18.4 Å². The van der Waals surface area contributed by atoms with Crippen molar-refractivity contribution in [3.63, 3.8) is 0 Å². The molecule has 1 saturated heterocycles. The molecule has 0 aromatic carbocycles. The molecule has 0 aromatic rings. The zero-order chi connectivity index (χ0) is 12.8. The van der Waals surface area contributed by atoms with Crippen LogP contribution in [0.25, 0.3) is 0 Å². The van der Waals surface area contributed by atoms with Gasteiger partial charge in [0.05, 0.1) is 6.10 Å². The van der Waals surface area contributed by atoms with Crippen molar-refractivity contribution in [2.24, 2.45) is 5.92 Å². The van der Waals surface area contributed by atoms with Gasteiger partial charge in [-0.25, -0.2) is 4.79 Å². The van der Waals surface area contributed by atoms with E-state index in [-0.39, 0.29) is 12.1 Å². The lowest BCUT2D eigenvalue weighted by Gasteiger charge is -2.12. The Balaban J connectivity index is 1.65. The van der Waals surface area contributed by atoms with E-state index in [4.69, 9.17) is 4.74 Å². The summed E-state index contributed by atoms with van der Waals surface area (Å²) in [6, 6.07) is -0.122. The van der Waals surface area contributed by atoms with E-state index < -0.39 is 0 Å². The normalized spacial score (nSPS) is 25.4. The molecule has 2 aliphatic rings. The van der Waals surface area contributed by atoms with Crippen LogP contribution in [-0.2, 0) is 4.74 Å². The fourth-order valence-corrected chi connectivity index (χ4v) is 2.74. The van der Waals surface area contributed by atoms with Crippen molar-refractivity contribution >= 4 is 6.03 Å². The summed E-state index contributed by atoms with van der Waals surface area (Å²) in [4.78, 5) is 11.6. The summed E-state index contributed by atoms with van der Waals surface area (Å²) in [7, 11) is 0. The average molecular weight is 252 g/mol. The molecule has 2 N–H and O–H groups in total. The number of nitrogens with one attached hydrogen (secondary N) is 2. The van der Waals surface area contributed by atoms with Crippen molar-refractivity contribution in [3.05, 3.63) is 11.8 Å². The van der Waals surface area contributed by atoms with Gasteiger partial charge in [-0.3, -0.25) is 0 Å². The molecule has 1 unspecified atom stereocenters. The van der Waals surface area contributed by atoms with Gasteiger partial charge in [-0.05, 0) is 38.5 Å². The Morgan fingerprint density at radius 3 is 2.72 bits per heavy atom. The summed E-state index contributed by atoms with van der Waals surface area (Å²) in [5.41, 5.74) is 1.29. The van der Waals surface area contributed by atoms with Crippen molar-refractivity contribution in [2.45, 2.75) is 51.6 Å². The van der Waals surface area contributed by atoms with Gasteiger partial charge < -0.3 is 15.4 Å². The zero-order valence-corrected chi connectivity index (χ0v) is 11.2. The van der Waals surface area contributed by atoms with Crippen molar-refractivity contribution in [1.29, 1.82) is 0 Å². The van der Waals surface area contributed by atoms with Crippen molar-refractivity contribution in [2.75, 3.05) is 13.2 Å². The van der Waals surface area contributed by atoms with E-state index in [9.17, 15) is 4.79 Å². The predicted molar refractivity (Wildman–Crippen MR) is 71.2 cm³/mol. The first-order valence-electron chi connectivity index (χ1n) is 7.08. The summed E-state index contributed by atoms with van der Waals surface area (Å²) >= 11 is 0. The molecule has 0 spiro atoms. The first-order chi connectivity index (χ1) is 8.75. The van der Waals surface area contributed by atoms with Crippen LogP contribution in [0.5, 0.6) is 0 Å². The van der Waals surface area contributed by atoms with Crippen LogP contribution in [0, 0.1) is 5.92 Å². The molecule has 0 aromatic heterocycles. The standard InChI is InChI=1S/C14H24N2O2/c1-11(12-5-2-3-6-12)9-15-14(17)16-10-13-7-4-8-18-13/h9,12-13H,2-8,10H2,1H3,(H2,15,16,17)/b11-9+. The molecule has 1 saturated carbocycles. The van der Waals surface area contributed by atoms with Crippen molar-refractivity contribution in [3.8, 4) is 0 Å². The van der Waals surface area contributed by atoms with Gasteiger partial charge in [0.1, 0.15) is 0 Å². The fraction of sp³-hybridized carbons (Fsp3) is 0.786. The lowest BCUT2D eigenvalue weighted by Crippen LogP contribution is -2.37. The van der Waals surface area contributed by atoms with Crippen molar-refractivity contribution < 1.29 is 9.53 Å². The first-order valence-corrected chi connectivity index (χ1v) is 7.08. The predicted octanol–water partition coefficient (Wildman–Crippen LogP) is 2.56. The number of rotatable bonds is 4. The highest BCUT2D eigenvalue weighted by Gasteiger charge is 2.17. The Labute approximate surface area is 109 Å². The number of urea groups is 1. The summed E-state index contributed by atoms with van der Waals surface area (Å²) in [6.07, 6.45) is 9.40. The maximum Gasteiger partial charge on any atom is 0.318 e. The van der Waals surface area contributed by atoms with Crippen LogP contribution in [0.4, 0.5) is 4.79 Å². The molecule has 1 aliphatic carbocycles. The molecule has 1 atom stereocenters. The van der Waals surface area contributed by atoms with E-state index in [0.717, 1.165) is 19.4 Å². The third-order valence-corrected chi connectivity index (χ3v) is 3.94. The van der Waals surface area contributed by atoms with Crippen LogP contribution < -0.4 is 10.6 Å². The van der Waals surface area contributed by atoms with Crippen LogP contribution in [0.1, 0.15) is 45.4 Å². The number of carbonyl (C=O) groups is 1. The Hall–Kier alpha value is -1.03. The van der Waals surface area contributed by atoms with Gasteiger partial charge in [0, 0.05) is 19.4 Å². The number of hydrogen-bond donors (Lipinski definition) is 2. The van der Waals surface area contributed by atoms with E-state index in [1.807, 2.05) is 6.20 Å². The van der Waals surface area contributed by atoms with E-state index >= 15 is 0 Å². The van der Waals surface area contributed by atoms with Gasteiger partial charge in [0.15, 0.2) is 0 Å². The highest BCUT2D eigenvalue weighted by atomic mass is 16.5. The number of amides is 2. The molecule has 1 aliphatic heterocycles. The highest BCUT2D eigenvalue weighted by molar-refractivity contribution is 5.74. The SMILES string of the molecule is C/C(=C\NC(=O)NCC1CCCO1)C1CCCC1. The minimum atomic E-state index is -0.122. The quantitative estimate of drug-likeness (QED) is 0.808. The third-order valence-electron chi connectivity index (χ3n) is 3.94. The van der Waals surface area contributed by atoms with E-state index in [1.54, 1.807) is 0 Å². The average Bonchev–Trinajstić information content (AvgIpc) is 3.05.